The first-order chi connectivity index (χ1) is 17.3. The van der Waals surface area contributed by atoms with Crippen molar-refractivity contribution in [3.63, 3.8) is 0 Å². The average molecular weight is 501 g/mol. The molecular formula is C27H32O9. The van der Waals surface area contributed by atoms with Crippen molar-refractivity contribution in [3.05, 3.63) is 71.5 Å². The van der Waals surface area contributed by atoms with Crippen LogP contribution in [-0.4, -0.2) is 74.7 Å². The molecule has 9 heteroatoms. The van der Waals surface area contributed by atoms with E-state index >= 15 is 0 Å². The van der Waals surface area contributed by atoms with Gasteiger partial charge in [-0.3, -0.25) is 4.79 Å². The van der Waals surface area contributed by atoms with E-state index in [-0.39, 0.29) is 17.6 Å². The molecule has 0 spiro atoms. The summed E-state index contributed by atoms with van der Waals surface area (Å²) in [5.41, 5.74) is 2.06. The van der Waals surface area contributed by atoms with Crippen LogP contribution in [0.3, 0.4) is 0 Å². The van der Waals surface area contributed by atoms with Gasteiger partial charge in [-0.05, 0) is 54.7 Å². The number of allylic oxidation sites excluding steroid dienone is 2. The number of aryl methyl sites for hydroxylation is 2. The van der Waals surface area contributed by atoms with E-state index in [0.29, 0.717) is 43.6 Å². The fourth-order valence-electron chi connectivity index (χ4n) is 4.34. The monoisotopic (exact) mass is 500 g/mol. The number of phenols is 1. The molecule has 0 saturated carbocycles. The van der Waals surface area contributed by atoms with Crippen molar-refractivity contribution in [2.45, 2.75) is 68.9 Å². The zero-order valence-electron chi connectivity index (χ0n) is 19.8. The van der Waals surface area contributed by atoms with Crippen LogP contribution >= 0.6 is 0 Å². The lowest BCUT2D eigenvalue weighted by molar-refractivity contribution is -0.277. The average Bonchev–Trinajstić information content (AvgIpc) is 2.88. The summed E-state index contributed by atoms with van der Waals surface area (Å²) in [6.07, 6.45) is -2.32. The van der Waals surface area contributed by atoms with Crippen molar-refractivity contribution < 1.29 is 44.5 Å². The van der Waals surface area contributed by atoms with Crippen LogP contribution in [0, 0.1) is 0 Å². The lowest BCUT2D eigenvalue weighted by atomic mass is 9.99. The van der Waals surface area contributed by atoms with Gasteiger partial charge in [0.1, 0.15) is 47.8 Å². The van der Waals surface area contributed by atoms with Crippen molar-refractivity contribution >= 4 is 5.78 Å². The summed E-state index contributed by atoms with van der Waals surface area (Å²) in [6.45, 7) is -0.525. The molecule has 2 aromatic rings. The fraction of sp³-hybridized carbons (Fsp3) is 0.444. The summed E-state index contributed by atoms with van der Waals surface area (Å²) >= 11 is 0. The molecular weight excluding hydrogens is 468 g/mol. The van der Waals surface area contributed by atoms with Crippen LogP contribution < -0.4 is 4.74 Å². The first-order valence-electron chi connectivity index (χ1n) is 12.1. The van der Waals surface area contributed by atoms with Crippen molar-refractivity contribution in [2.24, 2.45) is 0 Å². The minimum Gasteiger partial charge on any atom is -0.508 e. The number of rotatable bonds is 9. The third-order valence-electron chi connectivity index (χ3n) is 6.44. The van der Waals surface area contributed by atoms with E-state index in [1.165, 1.54) is 0 Å². The Balaban J connectivity index is 1.26. The first-order valence-corrected chi connectivity index (χ1v) is 12.1. The number of aliphatic hydroxyl groups excluding tert-OH is 4. The highest BCUT2D eigenvalue weighted by Gasteiger charge is 2.44. The third kappa shape index (κ3) is 6.63. The smallest absolute Gasteiger partial charge is 0.229 e. The SMILES string of the molecule is O=C1C=C(CCc2ccc(O)cc2)O[C@@H](CCc2ccc(O[C@@H]3O[C@H](CO)[C@@H](O)[C@H](O)[C@H]3O)cc2)C1. The first kappa shape index (κ1) is 26.1. The summed E-state index contributed by atoms with van der Waals surface area (Å²) in [5.74, 6) is 1.34. The maximum atomic E-state index is 12.2. The molecule has 0 unspecified atom stereocenters. The van der Waals surface area contributed by atoms with Crippen LogP contribution in [0.25, 0.3) is 0 Å². The topological polar surface area (TPSA) is 146 Å². The Morgan fingerprint density at radius 3 is 2.22 bits per heavy atom. The van der Waals surface area contributed by atoms with E-state index in [1.807, 2.05) is 24.3 Å². The van der Waals surface area contributed by atoms with Crippen molar-refractivity contribution in [3.8, 4) is 11.5 Å². The Kier molecular flexibility index (Phi) is 8.60. The highest BCUT2D eigenvalue weighted by Crippen LogP contribution is 2.26. The number of hydrogen-bond acceptors (Lipinski definition) is 9. The van der Waals surface area contributed by atoms with Gasteiger partial charge in [0.05, 0.1) is 6.61 Å². The normalized spacial score (nSPS) is 28.3. The standard InChI is InChI=1S/C27H32O9/c28-15-23-24(31)25(32)26(33)27(36-23)35-20-9-3-17(4-10-20)6-12-22-14-19(30)13-21(34-22)11-5-16-1-7-18(29)8-2-16/h1-4,7-10,13,22-29,31-33H,5-6,11-12,14-15H2/t22-,23+,24+,25-,26+,27+/m0/s1. The Bertz CT molecular complexity index is 1030. The summed E-state index contributed by atoms with van der Waals surface area (Å²) in [4.78, 5) is 12.2. The lowest BCUT2D eigenvalue weighted by Crippen LogP contribution is -2.60. The van der Waals surface area contributed by atoms with Crippen LogP contribution in [0.2, 0.25) is 0 Å². The van der Waals surface area contributed by atoms with Gasteiger partial charge in [0.2, 0.25) is 6.29 Å². The van der Waals surface area contributed by atoms with Gasteiger partial charge in [-0.15, -0.1) is 0 Å². The number of phenolic OH excluding ortho intramolecular Hbond substituents is 1. The zero-order valence-corrected chi connectivity index (χ0v) is 19.8. The van der Waals surface area contributed by atoms with Crippen LogP contribution in [-0.2, 0) is 27.1 Å². The molecule has 2 heterocycles. The van der Waals surface area contributed by atoms with Crippen LogP contribution in [0.15, 0.2) is 60.4 Å². The molecule has 0 radical (unpaired) electrons. The summed E-state index contributed by atoms with van der Waals surface area (Å²) in [6, 6.07) is 14.1. The predicted molar refractivity (Wildman–Crippen MR) is 128 cm³/mol. The van der Waals surface area contributed by atoms with E-state index in [9.17, 15) is 30.3 Å². The molecule has 2 aliphatic rings. The number of carbonyl (C=O) groups excluding carboxylic acids is 1. The van der Waals surface area contributed by atoms with Crippen molar-refractivity contribution in [1.29, 1.82) is 0 Å². The highest BCUT2D eigenvalue weighted by atomic mass is 16.7. The Morgan fingerprint density at radius 2 is 1.53 bits per heavy atom. The molecule has 1 saturated heterocycles. The number of hydrogen-bond donors (Lipinski definition) is 5. The molecule has 0 amide bonds. The second-order valence-electron chi connectivity index (χ2n) is 9.19. The van der Waals surface area contributed by atoms with Gasteiger partial charge >= 0.3 is 0 Å². The molecule has 5 N–H and O–H groups in total. The highest BCUT2D eigenvalue weighted by molar-refractivity contribution is 5.91. The Labute approximate surface area is 209 Å². The molecule has 1 fully saturated rings. The Hall–Kier alpha value is -2.95. The molecule has 194 valence electrons. The molecule has 0 bridgehead atoms. The minimum atomic E-state index is -1.50. The van der Waals surface area contributed by atoms with Gasteiger partial charge in [0, 0.05) is 18.9 Å². The number of benzene rings is 2. The van der Waals surface area contributed by atoms with Crippen molar-refractivity contribution in [2.75, 3.05) is 6.61 Å². The molecule has 0 aliphatic carbocycles. The number of aromatic hydroxyl groups is 1. The summed E-state index contributed by atoms with van der Waals surface area (Å²) < 4.78 is 17.0. The van der Waals surface area contributed by atoms with E-state index in [4.69, 9.17) is 14.2 Å². The number of carbonyl (C=O) groups is 1. The predicted octanol–water partition coefficient (Wildman–Crippen LogP) is 1.38. The maximum Gasteiger partial charge on any atom is 0.229 e. The third-order valence-corrected chi connectivity index (χ3v) is 6.44. The number of ether oxygens (including phenoxy) is 3. The zero-order chi connectivity index (χ0) is 25.7. The molecule has 36 heavy (non-hydrogen) atoms. The fourth-order valence-corrected chi connectivity index (χ4v) is 4.34. The second-order valence-corrected chi connectivity index (χ2v) is 9.19. The summed E-state index contributed by atoms with van der Waals surface area (Å²) in [5, 5.41) is 48.6. The molecule has 2 aliphatic heterocycles. The van der Waals surface area contributed by atoms with E-state index in [0.717, 1.165) is 11.1 Å². The van der Waals surface area contributed by atoms with Crippen LogP contribution in [0.5, 0.6) is 11.5 Å². The quantitative estimate of drug-likeness (QED) is 0.345. The second kappa shape index (κ2) is 11.9. The van der Waals surface area contributed by atoms with E-state index in [2.05, 4.69) is 0 Å². The maximum absolute atomic E-state index is 12.2. The van der Waals surface area contributed by atoms with Crippen molar-refractivity contribution in [1.82, 2.24) is 0 Å². The molecule has 9 nitrogen and oxygen atoms in total. The van der Waals surface area contributed by atoms with E-state index < -0.39 is 37.3 Å². The largest absolute Gasteiger partial charge is 0.508 e. The Morgan fingerprint density at radius 1 is 0.861 bits per heavy atom. The minimum absolute atomic E-state index is 0.0511. The van der Waals surface area contributed by atoms with E-state index in [1.54, 1.807) is 30.3 Å². The molecule has 0 aromatic heterocycles. The van der Waals surface area contributed by atoms with Gasteiger partial charge in [0.25, 0.3) is 0 Å². The van der Waals surface area contributed by atoms with Gasteiger partial charge in [-0.2, -0.15) is 0 Å². The van der Waals surface area contributed by atoms with Crippen LogP contribution in [0.1, 0.15) is 30.4 Å². The summed E-state index contributed by atoms with van der Waals surface area (Å²) in [7, 11) is 0. The number of ketones is 1. The number of aliphatic hydroxyl groups is 4. The van der Waals surface area contributed by atoms with Gasteiger partial charge in [-0.25, -0.2) is 0 Å². The lowest BCUT2D eigenvalue weighted by Gasteiger charge is -2.39. The van der Waals surface area contributed by atoms with Crippen LogP contribution in [0.4, 0.5) is 0 Å². The van der Waals surface area contributed by atoms with Gasteiger partial charge < -0.3 is 39.7 Å². The van der Waals surface area contributed by atoms with Gasteiger partial charge in [0.15, 0.2) is 5.78 Å². The van der Waals surface area contributed by atoms with Gasteiger partial charge in [-0.1, -0.05) is 24.3 Å². The molecule has 4 rings (SSSR count). The molecule has 6 atom stereocenters. The molecule has 2 aromatic carbocycles.